The minimum Gasteiger partial charge on any atom is -0.507 e. The Morgan fingerprint density at radius 1 is 1.07 bits per heavy atom. The van der Waals surface area contributed by atoms with Gasteiger partial charge in [-0.1, -0.05) is 11.6 Å². The highest BCUT2D eigenvalue weighted by molar-refractivity contribution is 6.31. The number of amides is 2. The summed E-state index contributed by atoms with van der Waals surface area (Å²) in [5.41, 5.74) is 4.92. The Labute approximate surface area is 172 Å². The molecule has 0 fully saturated rings. The number of hydrazine groups is 1. The van der Waals surface area contributed by atoms with Crippen molar-refractivity contribution in [2.45, 2.75) is 19.8 Å². The SMILES string of the molecule is COc1cc(C(C)=O)ccc1OCCCC(=O)NNC(=O)c1cc(Cl)ccc1O. The summed E-state index contributed by atoms with van der Waals surface area (Å²) in [5, 5.41) is 9.95. The van der Waals surface area contributed by atoms with Gasteiger partial charge in [0.2, 0.25) is 5.91 Å². The molecule has 3 N–H and O–H groups in total. The zero-order valence-corrected chi connectivity index (χ0v) is 16.7. The molecule has 0 atom stereocenters. The van der Waals surface area contributed by atoms with Crippen molar-refractivity contribution in [2.24, 2.45) is 0 Å². The number of methoxy groups -OCH3 is 1. The lowest BCUT2D eigenvalue weighted by molar-refractivity contribution is -0.122. The lowest BCUT2D eigenvalue weighted by Crippen LogP contribution is -2.41. The van der Waals surface area contributed by atoms with E-state index in [1.54, 1.807) is 18.2 Å². The minimum atomic E-state index is -0.690. The molecule has 8 nitrogen and oxygen atoms in total. The maximum absolute atomic E-state index is 12.0. The molecule has 0 spiro atoms. The van der Waals surface area contributed by atoms with E-state index >= 15 is 0 Å². The number of Topliss-reactive ketones (excluding diaryl/α,β-unsaturated/α-hetero) is 1. The molecule has 0 saturated carbocycles. The van der Waals surface area contributed by atoms with E-state index in [0.29, 0.717) is 23.5 Å². The molecule has 2 amide bonds. The van der Waals surface area contributed by atoms with Crippen LogP contribution in [0.15, 0.2) is 36.4 Å². The predicted molar refractivity (Wildman–Crippen MR) is 106 cm³/mol. The summed E-state index contributed by atoms with van der Waals surface area (Å²) in [4.78, 5) is 35.2. The van der Waals surface area contributed by atoms with Crippen LogP contribution < -0.4 is 20.3 Å². The van der Waals surface area contributed by atoms with Crippen molar-refractivity contribution in [1.82, 2.24) is 10.9 Å². The molecule has 2 aromatic carbocycles. The summed E-state index contributed by atoms with van der Waals surface area (Å²) in [6.07, 6.45) is 0.470. The van der Waals surface area contributed by atoms with Crippen molar-refractivity contribution in [3.05, 3.63) is 52.5 Å². The number of aromatic hydroxyl groups is 1. The van der Waals surface area contributed by atoms with Crippen LogP contribution in [0.1, 0.15) is 40.5 Å². The Kier molecular flexibility index (Phi) is 7.85. The van der Waals surface area contributed by atoms with Gasteiger partial charge < -0.3 is 14.6 Å². The molecule has 2 rings (SSSR count). The minimum absolute atomic E-state index is 0.0535. The largest absolute Gasteiger partial charge is 0.507 e. The molecule has 0 aromatic heterocycles. The van der Waals surface area contributed by atoms with Gasteiger partial charge >= 0.3 is 0 Å². The number of halogens is 1. The fourth-order valence-electron chi connectivity index (χ4n) is 2.37. The number of carbonyl (C=O) groups excluding carboxylic acids is 3. The van der Waals surface area contributed by atoms with Gasteiger partial charge in [0.15, 0.2) is 17.3 Å². The summed E-state index contributed by atoms with van der Waals surface area (Å²) < 4.78 is 10.8. The van der Waals surface area contributed by atoms with Gasteiger partial charge in [-0.2, -0.15) is 0 Å². The normalized spacial score (nSPS) is 10.2. The lowest BCUT2D eigenvalue weighted by atomic mass is 10.1. The summed E-state index contributed by atoms with van der Waals surface area (Å²) in [5.74, 6) is -0.565. The Morgan fingerprint density at radius 3 is 2.52 bits per heavy atom. The first-order valence-electron chi connectivity index (χ1n) is 8.71. The van der Waals surface area contributed by atoms with E-state index in [1.807, 2.05) is 0 Å². The highest BCUT2D eigenvalue weighted by Crippen LogP contribution is 2.28. The number of nitrogens with one attached hydrogen (secondary N) is 2. The average molecular weight is 421 g/mol. The number of hydrogen-bond donors (Lipinski definition) is 3. The monoisotopic (exact) mass is 420 g/mol. The summed E-state index contributed by atoms with van der Waals surface area (Å²) in [6, 6.07) is 8.87. The second-order valence-corrected chi connectivity index (χ2v) is 6.47. The molecule has 0 saturated heterocycles. The van der Waals surface area contributed by atoms with Crippen LogP contribution in [0, 0.1) is 0 Å². The van der Waals surface area contributed by atoms with Gasteiger partial charge in [0.25, 0.3) is 5.91 Å². The molecule has 0 heterocycles. The molecule has 0 unspecified atom stereocenters. The molecule has 0 aliphatic heterocycles. The van der Waals surface area contributed by atoms with Gasteiger partial charge in [0.1, 0.15) is 5.75 Å². The van der Waals surface area contributed by atoms with Crippen LogP contribution in [-0.2, 0) is 4.79 Å². The van der Waals surface area contributed by atoms with Crippen LogP contribution in [0.3, 0.4) is 0 Å². The molecule has 154 valence electrons. The zero-order chi connectivity index (χ0) is 21.4. The maximum atomic E-state index is 12.0. The van der Waals surface area contributed by atoms with Crippen molar-refractivity contribution in [3.63, 3.8) is 0 Å². The van der Waals surface area contributed by atoms with Gasteiger partial charge in [-0.25, -0.2) is 0 Å². The summed E-state index contributed by atoms with van der Waals surface area (Å²) in [7, 11) is 1.47. The third-order valence-electron chi connectivity index (χ3n) is 3.89. The maximum Gasteiger partial charge on any atom is 0.273 e. The highest BCUT2D eigenvalue weighted by atomic mass is 35.5. The van der Waals surface area contributed by atoms with E-state index in [-0.39, 0.29) is 35.1 Å². The number of hydrogen-bond acceptors (Lipinski definition) is 6. The van der Waals surface area contributed by atoms with Gasteiger partial charge in [-0.05, 0) is 49.7 Å². The second-order valence-electron chi connectivity index (χ2n) is 6.04. The molecule has 2 aromatic rings. The quantitative estimate of drug-likeness (QED) is 0.344. The first-order chi connectivity index (χ1) is 13.8. The molecular weight excluding hydrogens is 400 g/mol. The predicted octanol–water partition coefficient (Wildman–Crippen LogP) is 2.88. The Bertz CT molecular complexity index is 916. The van der Waals surface area contributed by atoms with E-state index in [2.05, 4.69) is 10.9 Å². The van der Waals surface area contributed by atoms with Crippen molar-refractivity contribution in [2.75, 3.05) is 13.7 Å². The van der Waals surface area contributed by atoms with Crippen LogP contribution in [0.25, 0.3) is 0 Å². The molecule has 0 aliphatic rings. The van der Waals surface area contributed by atoms with Gasteiger partial charge in [0, 0.05) is 17.0 Å². The Balaban J connectivity index is 1.77. The van der Waals surface area contributed by atoms with Crippen LogP contribution in [0.4, 0.5) is 0 Å². The van der Waals surface area contributed by atoms with E-state index < -0.39 is 11.8 Å². The topological polar surface area (TPSA) is 114 Å². The number of ketones is 1. The van der Waals surface area contributed by atoms with Crippen molar-refractivity contribution in [3.8, 4) is 17.2 Å². The van der Waals surface area contributed by atoms with Crippen LogP contribution in [0.2, 0.25) is 5.02 Å². The third-order valence-corrected chi connectivity index (χ3v) is 4.13. The number of phenolic OH excluding ortho intramolecular Hbond substituents is 1. The molecular formula is C20H21ClN2O6. The summed E-state index contributed by atoms with van der Waals surface area (Å²) >= 11 is 5.79. The van der Waals surface area contributed by atoms with Crippen molar-refractivity contribution in [1.29, 1.82) is 0 Å². The van der Waals surface area contributed by atoms with E-state index in [9.17, 15) is 19.5 Å². The number of rotatable bonds is 8. The highest BCUT2D eigenvalue weighted by Gasteiger charge is 2.13. The second kappa shape index (κ2) is 10.3. The van der Waals surface area contributed by atoms with Crippen LogP contribution in [-0.4, -0.2) is 36.4 Å². The molecule has 0 bridgehead atoms. The molecule has 9 heteroatoms. The fourth-order valence-corrected chi connectivity index (χ4v) is 2.54. The summed E-state index contributed by atoms with van der Waals surface area (Å²) in [6.45, 7) is 1.69. The van der Waals surface area contributed by atoms with E-state index in [0.717, 1.165) is 0 Å². The standard InChI is InChI=1S/C20H21ClN2O6/c1-12(24)13-5-8-17(18(10-13)28-2)29-9-3-4-19(26)22-23-20(27)15-11-14(21)6-7-16(15)25/h5-8,10-11,25H,3-4,9H2,1-2H3,(H,22,26)(H,23,27). The van der Waals surface area contributed by atoms with Crippen molar-refractivity contribution >= 4 is 29.2 Å². The molecule has 0 aliphatic carbocycles. The number of phenols is 1. The smallest absolute Gasteiger partial charge is 0.273 e. The van der Waals surface area contributed by atoms with E-state index in [1.165, 1.54) is 32.2 Å². The first-order valence-corrected chi connectivity index (χ1v) is 9.09. The van der Waals surface area contributed by atoms with Crippen LogP contribution >= 0.6 is 11.6 Å². The molecule has 29 heavy (non-hydrogen) atoms. The molecule has 0 radical (unpaired) electrons. The third kappa shape index (κ3) is 6.39. The Morgan fingerprint density at radius 2 is 1.83 bits per heavy atom. The van der Waals surface area contributed by atoms with Gasteiger partial charge in [-0.3, -0.25) is 25.2 Å². The van der Waals surface area contributed by atoms with E-state index in [4.69, 9.17) is 21.1 Å². The fraction of sp³-hybridized carbons (Fsp3) is 0.250. The Hall–Kier alpha value is -3.26. The lowest BCUT2D eigenvalue weighted by Gasteiger charge is -2.12. The number of benzene rings is 2. The van der Waals surface area contributed by atoms with Crippen molar-refractivity contribution < 1.29 is 29.0 Å². The zero-order valence-electron chi connectivity index (χ0n) is 16.0. The van der Waals surface area contributed by atoms with Gasteiger partial charge in [-0.15, -0.1) is 0 Å². The number of carbonyl (C=O) groups is 3. The van der Waals surface area contributed by atoms with Crippen LogP contribution in [0.5, 0.6) is 17.2 Å². The average Bonchev–Trinajstić information content (AvgIpc) is 2.71. The number of ether oxygens (including phenoxy) is 2. The van der Waals surface area contributed by atoms with Gasteiger partial charge in [0.05, 0.1) is 19.3 Å². The first kappa shape index (κ1) is 22.0.